The lowest BCUT2D eigenvalue weighted by Crippen LogP contribution is -2.23. The van der Waals surface area contributed by atoms with Crippen LogP contribution in [0.25, 0.3) is 11.1 Å². The van der Waals surface area contributed by atoms with Gasteiger partial charge in [0, 0.05) is 11.8 Å². The van der Waals surface area contributed by atoms with Crippen molar-refractivity contribution in [3.8, 4) is 16.9 Å². The van der Waals surface area contributed by atoms with E-state index < -0.39 is 59.6 Å². The number of hydrogen-bond acceptors (Lipinski definition) is 7. The van der Waals surface area contributed by atoms with Crippen molar-refractivity contribution in [3.05, 3.63) is 44.2 Å². The summed E-state index contributed by atoms with van der Waals surface area (Å²) < 4.78 is 68.5. The molecule has 146 valence electrons. The van der Waals surface area contributed by atoms with Crippen LogP contribution >= 0.6 is 0 Å². The largest absolute Gasteiger partial charge is 0.490 e. The summed E-state index contributed by atoms with van der Waals surface area (Å²) >= 11 is 0. The molecule has 0 saturated heterocycles. The minimum absolute atomic E-state index is 0.339. The van der Waals surface area contributed by atoms with Crippen LogP contribution in [0.1, 0.15) is 5.56 Å². The van der Waals surface area contributed by atoms with Gasteiger partial charge in [-0.15, -0.1) is 4.68 Å². The maximum Gasteiger partial charge on any atom is 0.416 e. The number of rotatable bonds is 4. The van der Waals surface area contributed by atoms with E-state index in [1.807, 2.05) is 0 Å². The molecule has 13 heteroatoms. The van der Waals surface area contributed by atoms with Gasteiger partial charge >= 0.3 is 17.6 Å². The van der Waals surface area contributed by atoms with Crippen molar-refractivity contribution >= 4 is 15.7 Å². The van der Waals surface area contributed by atoms with E-state index in [2.05, 4.69) is 5.10 Å². The monoisotopic (exact) mass is 407 g/mol. The molecule has 0 unspecified atom stereocenters. The van der Waals surface area contributed by atoms with Gasteiger partial charge in [0.1, 0.15) is 5.56 Å². The van der Waals surface area contributed by atoms with Crippen LogP contribution in [0.4, 0.5) is 19.0 Å². The molecule has 9 nitrogen and oxygen atoms in total. The molecule has 0 spiro atoms. The van der Waals surface area contributed by atoms with Crippen LogP contribution in [0, 0.1) is 10.1 Å². The molecule has 1 aromatic heterocycles. The first-order chi connectivity index (χ1) is 12.3. The smallest absolute Gasteiger partial charge is 0.416 e. The highest BCUT2D eigenvalue weighted by atomic mass is 32.2. The predicted molar refractivity (Wildman–Crippen MR) is 86.2 cm³/mol. The zero-order valence-electron chi connectivity index (χ0n) is 14.1. The molecule has 27 heavy (non-hydrogen) atoms. The van der Waals surface area contributed by atoms with Gasteiger partial charge in [-0.2, -0.15) is 13.2 Å². The molecule has 0 bridgehead atoms. The number of ether oxygens (including phenoxy) is 1. The fraction of sp³-hybridized carbons (Fsp3) is 0.286. The van der Waals surface area contributed by atoms with Crippen molar-refractivity contribution in [3.63, 3.8) is 0 Å². The van der Waals surface area contributed by atoms with Gasteiger partial charge in [0.2, 0.25) is 5.75 Å². The van der Waals surface area contributed by atoms with E-state index in [9.17, 15) is 36.5 Å². The van der Waals surface area contributed by atoms with Gasteiger partial charge in [0.15, 0.2) is 9.84 Å². The summed E-state index contributed by atoms with van der Waals surface area (Å²) in [6.07, 6.45) is -4.21. The van der Waals surface area contributed by atoms with Crippen LogP contribution in [0.15, 0.2) is 27.9 Å². The number of hydrogen-bond donors (Lipinski definition) is 0. The SMILES string of the molecule is COc1c(-c2ccc(C(F)(F)F)cc2S(C)(=O)=O)c([N+](=O)[O-])nn(C)c1=O. The number of aryl methyl sites for hydroxylation is 1. The van der Waals surface area contributed by atoms with E-state index in [0.29, 0.717) is 23.1 Å². The number of nitrogens with zero attached hydrogens (tertiary/aromatic N) is 3. The first-order valence-corrected chi connectivity index (χ1v) is 8.89. The molecule has 0 fully saturated rings. The van der Waals surface area contributed by atoms with Crippen molar-refractivity contribution < 1.29 is 31.2 Å². The molecule has 2 aromatic rings. The molecular weight excluding hydrogens is 395 g/mol. The number of benzene rings is 1. The Labute approximate surface area is 150 Å². The van der Waals surface area contributed by atoms with Crippen molar-refractivity contribution in [1.29, 1.82) is 0 Å². The lowest BCUT2D eigenvalue weighted by molar-refractivity contribution is -0.389. The highest BCUT2D eigenvalue weighted by Gasteiger charge is 2.35. The summed E-state index contributed by atoms with van der Waals surface area (Å²) in [7, 11) is -2.16. The molecule has 2 rings (SSSR count). The summed E-state index contributed by atoms with van der Waals surface area (Å²) in [5.41, 5.74) is -3.33. The molecule has 1 heterocycles. The van der Waals surface area contributed by atoms with Crippen molar-refractivity contribution in [1.82, 2.24) is 9.78 Å². The summed E-state index contributed by atoms with van der Waals surface area (Å²) in [4.78, 5) is 21.7. The van der Waals surface area contributed by atoms with E-state index in [4.69, 9.17) is 4.74 Å². The minimum Gasteiger partial charge on any atom is -0.490 e. The topological polar surface area (TPSA) is 121 Å². The Bertz CT molecular complexity index is 1090. The molecule has 0 amide bonds. The van der Waals surface area contributed by atoms with E-state index >= 15 is 0 Å². The van der Waals surface area contributed by atoms with Gasteiger partial charge in [-0.1, -0.05) is 6.07 Å². The summed E-state index contributed by atoms with van der Waals surface area (Å²) in [6.45, 7) is 0. The van der Waals surface area contributed by atoms with Gasteiger partial charge in [-0.05, 0) is 17.1 Å². The highest BCUT2D eigenvalue weighted by Crippen LogP contribution is 2.40. The van der Waals surface area contributed by atoms with Crippen LogP contribution in [0.3, 0.4) is 0 Å². The van der Waals surface area contributed by atoms with E-state index in [-0.39, 0.29) is 0 Å². The van der Waals surface area contributed by atoms with E-state index in [0.717, 1.165) is 20.2 Å². The predicted octanol–water partition coefficient (Wildman–Crippen LogP) is 1.79. The lowest BCUT2D eigenvalue weighted by atomic mass is 10.0. The van der Waals surface area contributed by atoms with Crippen LogP contribution in [-0.4, -0.2) is 36.5 Å². The van der Waals surface area contributed by atoms with E-state index in [1.165, 1.54) is 0 Å². The average Bonchev–Trinajstić information content (AvgIpc) is 2.54. The fourth-order valence-corrected chi connectivity index (χ4v) is 3.28. The molecule has 0 radical (unpaired) electrons. The summed E-state index contributed by atoms with van der Waals surface area (Å²) in [5, 5.41) is 14.8. The first kappa shape index (κ1) is 20.4. The third kappa shape index (κ3) is 3.77. The Hall–Kier alpha value is -2.96. The molecule has 0 aliphatic rings. The molecule has 0 aliphatic carbocycles. The molecule has 0 atom stereocenters. The number of nitro groups is 1. The number of methoxy groups -OCH3 is 1. The quantitative estimate of drug-likeness (QED) is 0.559. The standard InChI is InChI=1S/C14H12F3N3O6S/c1-19-13(21)11(26-2)10(12(18-19)20(22)23)8-5-4-7(14(15,16)17)6-9(8)27(3,24)25/h4-6H,1-3H3. The van der Waals surface area contributed by atoms with Crippen molar-refractivity contribution in [2.24, 2.45) is 7.05 Å². The lowest BCUT2D eigenvalue weighted by Gasteiger charge is -2.14. The van der Waals surface area contributed by atoms with Crippen molar-refractivity contribution in [2.75, 3.05) is 13.4 Å². The third-order valence-electron chi connectivity index (χ3n) is 3.54. The Morgan fingerprint density at radius 3 is 2.33 bits per heavy atom. The van der Waals surface area contributed by atoms with Crippen LogP contribution in [-0.2, 0) is 23.1 Å². The molecular formula is C14H12F3N3O6S. The molecule has 0 saturated carbocycles. The summed E-state index contributed by atoms with van der Waals surface area (Å²) in [5.74, 6) is -1.57. The number of halogens is 3. The Balaban J connectivity index is 3.05. The zero-order chi connectivity index (χ0) is 20.7. The second-order valence-electron chi connectivity index (χ2n) is 5.40. The van der Waals surface area contributed by atoms with Crippen molar-refractivity contribution in [2.45, 2.75) is 11.1 Å². The Morgan fingerprint density at radius 1 is 1.30 bits per heavy atom. The summed E-state index contributed by atoms with van der Waals surface area (Å²) in [6, 6.07) is 1.61. The second kappa shape index (κ2) is 6.64. The van der Waals surface area contributed by atoms with Gasteiger partial charge in [-0.3, -0.25) is 4.79 Å². The van der Waals surface area contributed by atoms with Gasteiger partial charge in [0.05, 0.1) is 29.7 Å². The van der Waals surface area contributed by atoms with E-state index in [1.54, 1.807) is 0 Å². The Morgan fingerprint density at radius 2 is 1.89 bits per heavy atom. The maximum atomic E-state index is 13.0. The number of aromatic nitrogens is 2. The average molecular weight is 407 g/mol. The van der Waals surface area contributed by atoms with Crippen LogP contribution < -0.4 is 10.3 Å². The highest BCUT2D eigenvalue weighted by molar-refractivity contribution is 7.90. The van der Waals surface area contributed by atoms with Gasteiger partial charge < -0.3 is 14.9 Å². The van der Waals surface area contributed by atoms with Gasteiger partial charge in [0.25, 0.3) is 0 Å². The normalized spacial score (nSPS) is 12.1. The first-order valence-electron chi connectivity index (χ1n) is 7.00. The Kier molecular flexibility index (Phi) is 5.01. The van der Waals surface area contributed by atoms with Crippen LogP contribution in [0.5, 0.6) is 5.75 Å². The van der Waals surface area contributed by atoms with Gasteiger partial charge in [-0.25, -0.2) is 8.42 Å². The number of sulfone groups is 1. The third-order valence-corrected chi connectivity index (χ3v) is 4.68. The minimum atomic E-state index is -4.85. The zero-order valence-corrected chi connectivity index (χ0v) is 14.9. The molecule has 0 N–H and O–H groups in total. The maximum absolute atomic E-state index is 13.0. The molecule has 0 aliphatic heterocycles. The van der Waals surface area contributed by atoms with Crippen LogP contribution in [0.2, 0.25) is 0 Å². The second-order valence-corrected chi connectivity index (χ2v) is 7.38. The number of alkyl halides is 3. The fourth-order valence-electron chi connectivity index (χ4n) is 2.36. The molecule has 1 aromatic carbocycles.